The van der Waals surface area contributed by atoms with Gasteiger partial charge in [-0.2, -0.15) is 5.10 Å². The molecule has 1 aliphatic heterocycles. The van der Waals surface area contributed by atoms with Crippen LogP contribution in [0.25, 0.3) is 0 Å². The molecule has 152 valence electrons. The van der Waals surface area contributed by atoms with Crippen molar-refractivity contribution in [2.45, 2.75) is 52.2 Å². The number of aliphatic imine (C=N–C) groups is 1. The number of likely N-dealkylation sites (tertiary alicyclic amines) is 1. The van der Waals surface area contributed by atoms with Gasteiger partial charge in [0.15, 0.2) is 5.96 Å². The number of aryl methyl sites for hydroxylation is 1. The predicted molar refractivity (Wildman–Crippen MR) is 104 cm³/mol. The zero-order valence-corrected chi connectivity index (χ0v) is 17.2. The Labute approximate surface area is 161 Å². The number of carbonyl (C=O) groups excluding carboxylic acids is 1. The normalized spacial score (nSPS) is 18.3. The first kappa shape index (κ1) is 21.0. The lowest BCUT2D eigenvalue weighted by Gasteiger charge is -2.34. The van der Waals surface area contributed by atoms with Crippen molar-refractivity contribution in [2.75, 3.05) is 26.7 Å². The first-order valence-corrected chi connectivity index (χ1v) is 9.54. The summed E-state index contributed by atoms with van der Waals surface area (Å²) in [5.41, 5.74) is -0.452. The van der Waals surface area contributed by atoms with E-state index in [1.165, 1.54) is 6.33 Å². The number of rotatable bonds is 5. The quantitative estimate of drug-likeness (QED) is 0.595. The number of ether oxygens (including phenoxy) is 1. The second-order valence-corrected chi connectivity index (χ2v) is 7.88. The lowest BCUT2D eigenvalue weighted by atomic mass is 9.95. The molecule has 9 heteroatoms. The Bertz CT molecular complexity index is 636. The van der Waals surface area contributed by atoms with Crippen molar-refractivity contribution in [3.63, 3.8) is 0 Å². The highest BCUT2D eigenvalue weighted by molar-refractivity contribution is 5.79. The fourth-order valence-corrected chi connectivity index (χ4v) is 3.05. The fourth-order valence-electron chi connectivity index (χ4n) is 3.05. The molecule has 1 amide bonds. The van der Waals surface area contributed by atoms with Crippen molar-refractivity contribution < 1.29 is 9.53 Å². The summed E-state index contributed by atoms with van der Waals surface area (Å²) in [5.74, 6) is 2.05. The molecular weight excluding hydrogens is 346 g/mol. The van der Waals surface area contributed by atoms with E-state index >= 15 is 0 Å². The molecule has 2 N–H and O–H groups in total. The molecule has 1 atom stereocenters. The van der Waals surface area contributed by atoms with E-state index in [2.05, 4.69) is 25.7 Å². The standard InChI is InChI=1S/C18H33N7O2/c1-18(2,3)27-17(26)25-10-6-7-14(12-25)8-9-20-16(19-4)21-11-15-22-13-23-24(15)5/h13-14H,6-12H2,1-5H3,(H2,19,20,21). The van der Waals surface area contributed by atoms with Gasteiger partial charge in [0.05, 0.1) is 6.54 Å². The molecule has 2 heterocycles. The zero-order valence-electron chi connectivity index (χ0n) is 17.2. The molecular formula is C18H33N7O2. The third kappa shape index (κ3) is 7.07. The van der Waals surface area contributed by atoms with E-state index in [9.17, 15) is 4.79 Å². The molecule has 1 aromatic rings. The van der Waals surface area contributed by atoms with Gasteiger partial charge in [0, 0.05) is 33.7 Å². The van der Waals surface area contributed by atoms with Crippen molar-refractivity contribution >= 4 is 12.1 Å². The van der Waals surface area contributed by atoms with E-state index in [0.717, 1.165) is 50.7 Å². The van der Waals surface area contributed by atoms with Crippen LogP contribution in [0.3, 0.4) is 0 Å². The topological polar surface area (TPSA) is 96.7 Å². The van der Waals surface area contributed by atoms with Gasteiger partial charge in [-0.3, -0.25) is 9.67 Å². The summed E-state index contributed by atoms with van der Waals surface area (Å²) >= 11 is 0. The minimum absolute atomic E-state index is 0.207. The van der Waals surface area contributed by atoms with Gasteiger partial charge in [-0.05, 0) is 46.0 Å². The van der Waals surface area contributed by atoms with Gasteiger partial charge in [-0.15, -0.1) is 0 Å². The second-order valence-electron chi connectivity index (χ2n) is 7.88. The van der Waals surface area contributed by atoms with E-state index in [0.29, 0.717) is 12.5 Å². The molecule has 0 radical (unpaired) electrons. The Balaban J connectivity index is 1.72. The first-order chi connectivity index (χ1) is 12.8. The summed E-state index contributed by atoms with van der Waals surface area (Å²) in [5, 5.41) is 10.6. The van der Waals surface area contributed by atoms with Crippen molar-refractivity contribution in [1.29, 1.82) is 0 Å². The van der Waals surface area contributed by atoms with Gasteiger partial charge in [0.2, 0.25) is 0 Å². The van der Waals surface area contributed by atoms with Gasteiger partial charge in [-0.1, -0.05) is 0 Å². The molecule has 9 nitrogen and oxygen atoms in total. The summed E-state index contributed by atoms with van der Waals surface area (Å²) in [6.07, 6.45) is 4.45. The number of guanidine groups is 1. The highest BCUT2D eigenvalue weighted by atomic mass is 16.6. The Morgan fingerprint density at radius 2 is 2.19 bits per heavy atom. The maximum absolute atomic E-state index is 12.3. The predicted octanol–water partition coefficient (Wildman–Crippen LogP) is 1.52. The summed E-state index contributed by atoms with van der Waals surface area (Å²) < 4.78 is 7.22. The minimum atomic E-state index is -0.452. The number of hydrogen-bond acceptors (Lipinski definition) is 5. The number of aromatic nitrogens is 3. The average molecular weight is 380 g/mol. The Morgan fingerprint density at radius 1 is 1.41 bits per heavy atom. The molecule has 1 fully saturated rings. The Morgan fingerprint density at radius 3 is 2.81 bits per heavy atom. The van der Waals surface area contributed by atoms with Crippen LogP contribution in [0.15, 0.2) is 11.3 Å². The largest absolute Gasteiger partial charge is 0.444 e. The van der Waals surface area contributed by atoms with Crippen molar-refractivity contribution in [3.8, 4) is 0 Å². The highest BCUT2D eigenvalue weighted by Crippen LogP contribution is 2.21. The van der Waals surface area contributed by atoms with Crippen LogP contribution >= 0.6 is 0 Å². The van der Waals surface area contributed by atoms with E-state index < -0.39 is 5.60 Å². The maximum atomic E-state index is 12.3. The van der Waals surface area contributed by atoms with Gasteiger partial charge < -0.3 is 20.3 Å². The molecule has 1 aliphatic rings. The molecule has 2 rings (SSSR count). The number of nitrogens with zero attached hydrogens (tertiary/aromatic N) is 5. The molecule has 1 aromatic heterocycles. The van der Waals surface area contributed by atoms with Gasteiger partial charge in [-0.25, -0.2) is 9.78 Å². The highest BCUT2D eigenvalue weighted by Gasteiger charge is 2.27. The SMILES string of the molecule is CN=C(NCCC1CCCN(C(=O)OC(C)(C)C)C1)NCc1ncnn1C. The van der Waals surface area contributed by atoms with Crippen LogP contribution in [-0.4, -0.2) is 64.0 Å². The Kier molecular flexibility index (Phi) is 7.44. The minimum Gasteiger partial charge on any atom is -0.444 e. The van der Waals surface area contributed by atoms with Crippen molar-refractivity contribution in [2.24, 2.45) is 18.0 Å². The third-order valence-electron chi connectivity index (χ3n) is 4.46. The van der Waals surface area contributed by atoms with Crippen LogP contribution in [-0.2, 0) is 18.3 Å². The lowest BCUT2D eigenvalue weighted by Crippen LogP contribution is -2.44. The van der Waals surface area contributed by atoms with Gasteiger partial charge in [0.1, 0.15) is 17.8 Å². The van der Waals surface area contributed by atoms with E-state index in [1.807, 2.05) is 32.7 Å². The maximum Gasteiger partial charge on any atom is 0.410 e. The Hall–Kier alpha value is -2.32. The molecule has 0 aliphatic carbocycles. The zero-order chi connectivity index (χ0) is 19.9. The molecule has 0 saturated carbocycles. The number of carbonyl (C=O) groups is 1. The molecule has 27 heavy (non-hydrogen) atoms. The monoisotopic (exact) mass is 379 g/mol. The van der Waals surface area contributed by atoms with Crippen molar-refractivity contribution in [3.05, 3.63) is 12.2 Å². The van der Waals surface area contributed by atoms with Crippen LogP contribution in [0.2, 0.25) is 0 Å². The smallest absolute Gasteiger partial charge is 0.410 e. The fraction of sp³-hybridized carbons (Fsp3) is 0.778. The number of amides is 1. The molecule has 1 unspecified atom stereocenters. The van der Waals surface area contributed by atoms with E-state index in [1.54, 1.807) is 11.7 Å². The van der Waals surface area contributed by atoms with Crippen LogP contribution in [0.4, 0.5) is 4.79 Å². The molecule has 0 spiro atoms. The van der Waals surface area contributed by atoms with Crippen LogP contribution < -0.4 is 10.6 Å². The number of nitrogens with one attached hydrogen (secondary N) is 2. The van der Waals surface area contributed by atoms with E-state index in [-0.39, 0.29) is 6.09 Å². The van der Waals surface area contributed by atoms with E-state index in [4.69, 9.17) is 4.74 Å². The summed E-state index contributed by atoms with van der Waals surface area (Å²) in [4.78, 5) is 22.5. The average Bonchev–Trinajstić information content (AvgIpc) is 3.01. The third-order valence-corrected chi connectivity index (χ3v) is 4.46. The first-order valence-electron chi connectivity index (χ1n) is 9.54. The van der Waals surface area contributed by atoms with Crippen LogP contribution in [0.1, 0.15) is 45.9 Å². The van der Waals surface area contributed by atoms with Crippen LogP contribution in [0.5, 0.6) is 0 Å². The summed E-state index contributed by atoms with van der Waals surface area (Å²) in [6.45, 7) is 8.58. The number of piperidine rings is 1. The summed E-state index contributed by atoms with van der Waals surface area (Å²) in [7, 11) is 3.61. The molecule has 0 bridgehead atoms. The molecule has 0 aromatic carbocycles. The van der Waals surface area contributed by atoms with Crippen molar-refractivity contribution in [1.82, 2.24) is 30.3 Å². The lowest BCUT2D eigenvalue weighted by molar-refractivity contribution is 0.0162. The van der Waals surface area contributed by atoms with Gasteiger partial charge in [0.25, 0.3) is 0 Å². The second kappa shape index (κ2) is 9.57. The summed E-state index contributed by atoms with van der Waals surface area (Å²) in [6, 6.07) is 0. The van der Waals surface area contributed by atoms with Gasteiger partial charge >= 0.3 is 6.09 Å². The number of hydrogen-bond donors (Lipinski definition) is 2. The van der Waals surface area contributed by atoms with Crippen LogP contribution in [0, 0.1) is 5.92 Å². The molecule has 1 saturated heterocycles.